The molecule has 2 atom stereocenters. The van der Waals surface area contributed by atoms with E-state index in [9.17, 15) is 9.59 Å². The van der Waals surface area contributed by atoms with Crippen LogP contribution in [-0.2, 0) is 9.59 Å². The van der Waals surface area contributed by atoms with Gasteiger partial charge in [-0.3, -0.25) is 9.59 Å². The third-order valence-corrected chi connectivity index (χ3v) is 4.87. The van der Waals surface area contributed by atoms with Crippen LogP contribution in [0.2, 0.25) is 0 Å². The molecule has 2 N–H and O–H groups in total. The summed E-state index contributed by atoms with van der Waals surface area (Å²) >= 11 is 0. The number of rotatable bonds is 6. The van der Waals surface area contributed by atoms with E-state index in [1.807, 2.05) is 18.7 Å². The Morgan fingerprint density at radius 1 is 1.38 bits per heavy atom. The Balaban J connectivity index is 1.89. The van der Waals surface area contributed by atoms with Crippen LogP contribution in [0, 0.1) is 11.8 Å². The maximum absolute atomic E-state index is 12.4. The zero-order valence-corrected chi connectivity index (χ0v) is 13.2. The minimum atomic E-state index is -0.224. The zero-order valence-electron chi connectivity index (χ0n) is 13.2. The van der Waals surface area contributed by atoms with Gasteiger partial charge in [0.15, 0.2) is 0 Å². The third-order valence-electron chi connectivity index (χ3n) is 4.87. The van der Waals surface area contributed by atoms with Gasteiger partial charge in [0, 0.05) is 31.7 Å². The van der Waals surface area contributed by atoms with Gasteiger partial charge in [0.25, 0.3) is 0 Å². The Kier molecular flexibility index (Phi) is 5.62. The highest BCUT2D eigenvalue weighted by molar-refractivity contribution is 5.89. The first-order valence-electron chi connectivity index (χ1n) is 8.23. The van der Waals surface area contributed by atoms with E-state index in [1.54, 1.807) is 0 Å². The minimum Gasteiger partial charge on any atom is -0.396 e. The van der Waals surface area contributed by atoms with Gasteiger partial charge in [0.1, 0.15) is 0 Å². The summed E-state index contributed by atoms with van der Waals surface area (Å²) in [5.74, 6) is 0.156. The van der Waals surface area contributed by atoms with Gasteiger partial charge in [-0.05, 0) is 25.2 Å². The van der Waals surface area contributed by atoms with Crippen molar-refractivity contribution in [2.75, 3.05) is 13.2 Å². The van der Waals surface area contributed by atoms with Crippen LogP contribution in [0.3, 0.4) is 0 Å². The standard InChI is InChI=1S/C16H28N2O3/c1-11(2)14(7-8-19)17-16(21)12-9-15(20)18(10-12)13-5-3-4-6-13/h11-14,19H,3-10H2,1-2H3,(H,17,21). The number of carbonyl (C=O) groups is 2. The van der Waals surface area contributed by atoms with E-state index in [0.717, 1.165) is 12.8 Å². The summed E-state index contributed by atoms with van der Waals surface area (Å²) in [6.45, 7) is 4.71. The smallest absolute Gasteiger partial charge is 0.225 e. The summed E-state index contributed by atoms with van der Waals surface area (Å²) in [5, 5.41) is 12.1. The van der Waals surface area contributed by atoms with Gasteiger partial charge in [0.05, 0.1) is 5.92 Å². The molecule has 1 heterocycles. The molecule has 2 rings (SSSR count). The van der Waals surface area contributed by atoms with Gasteiger partial charge in [-0.1, -0.05) is 26.7 Å². The molecule has 0 aromatic carbocycles. The van der Waals surface area contributed by atoms with Crippen molar-refractivity contribution in [3.63, 3.8) is 0 Å². The molecular weight excluding hydrogens is 268 g/mol. The first kappa shape index (κ1) is 16.3. The van der Waals surface area contributed by atoms with E-state index in [0.29, 0.717) is 25.4 Å². The number of likely N-dealkylation sites (tertiary alicyclic amines) is 1. The minimum absolute atomic E-state index is 0.0156. The Hall–Kier alpha value is -1.10. The monoisotopic (exact) mass is 296 g/mol. The topological polar surface area (TPSA) is 69.6 Å². The van der Waals surface area contributed by atoms with Crippen molar-refractivity contribution in [3.8, 4) is 0 Å². The number of aliphatic hydroxyl groups is 1. The highest BCUT2D eigenvalue weighted by atomic mass is 16.3. The quantitative estimate of drug-likeness (QED) is 0.776. The van der Waals surface area contributed by atoms with Crippen LogP contribution in [0.1, 0.15) is 52.4 Å². The molecule has 5 nitrogen and oxygen atoms in total. The lowest BCUT2D eigenvalue weighted by Gasteiger charge is -2.25. The number of nitrogens with zero attached hydrogens (tertiary/aromatic N) is 1. The van der Waals surface area contributed by atoms with Crippen molar-refractivity contribution in [2.45, 2.75) is 64.5 Å². The average molecular weight is 296 g/mol. The molecule has 2 unspecified atom stereocenters. The molecule has 1 aliphatic carbocycles. The molecule has 1 saturated heterocycles. The van der Waals surface area contributed by atoms with E-state index < -0.39 is 0 Å². The molecule has 21 heavy (non-hydrogen) atoms. The molecule has 0 radical (unpaired) electrons. The summed E-state index contributed by atoms with van der Waals surface area (Å²) in [5.41, 5.74) is 0. The van der Waals surface area contributed by atoms with E-state index in [1.165, 1.54) is 12.8 Å². The Morgan fingerprint density at radius 3 is 2.62 bits per heavy atom. The van der Waals surface area contributed by atoms with Gasteiger partial charge >= 0.3 is 0 Å². The number of carbonyl (C=O) groups excluding carboxylic acids is 2. The van der Waals surface area contributed by atoms with Crippen molar-refractivity contribution in [3.05, 3.63) is 0 Å². The van der Waals surface area contributed by atoms with Gasteiger partial charge in [0.2, 0.25) is 11.8 Å². The maximum Gasteiger partial charge on any atom is 0.225 e. The van der Waals surface area contributed by atoms with Gasteiger partial charge in [-0.15, -0.1) is 0 Å². The SMILES string of the molecule is CC(C)C(CCO)NC(=O)C1CC(=O)N(C2CCCC2)C1. The van der Waals surface area contributed by atoms with E-state index in [4.69, 9.17) is 5.11 Å². The largest absolute Gasteiger partial charge is 0.396 e. The fraction of sp³-hybridized carbons (Fsp3) is 0.875. The molecular formula is C16H28N2O3. The van der Waals surface area contributed by atoms with Crippen molar-refractivity contribution >= 4 is 11.8 Å². The summed E-state index contributed by atoms with van der Waals surface area (Å²) in [7, 11) is 0. The highest BCUT2D eigenvalue weighted by Gasteiger charge is 2.39. The van der Waals surface area contributed by atoms with Crippen molar-refractivity contribution in [2.24, 2.45) is 11.8 Å². The van der Waals surface area contributed by atoms with Crippen LogP contribution in [0.25, 0.3) is 0 Å². The molecule has 120 valence electrons. The highest BCUT2D eigenvalue weighted by Crippen LogP contribution is 2.29. The van der Waals surface area contributed by atoms with Crippen molar-refractivity contribution < 1.29 is 14.7 Å². The van der Waals surface area contributed by atoms with E-state index >= 15 is 0 Å². The number of nitrogens with one attached hydrogen (secondary N) is 1. The lowest BCUT2D eigenvalue weighted by molar-refractivity contribution is -0.130. The number of hydrogen-bond acceptors (Lipinski definition) is 3. The summed E-state index contributed by atoms with van der Waals surface area (Å²) in [6.07, 6.45) is 5.45. The third kappa shape index (κ3) is 3.96. The predicted octanol–water partition coefficient (Wildman–Crippen LogP) is 1.30. The predicted molar refractivity (Wildman–Crippen MR) is 80.5 cm³/mol. The van der Waals surface area contributed by atoms with Crippen LogP contribution in [-0.4, -0.2) is 47.1 Å². The summed E-state index contributed by atoms with van der Waals surface area (Å²) in [4.78, 5) is 26.4. The second-order valence-corrected chi connectivity index (χ2v) is 6.76. The van der Waals surface area contributed by atoms with Gasteiger partial charge < -0.3 is 15.3 Å². The average Bonchev–Trinajstić information content (AvgIpc) is 3.06. The Labute approximate surface area is 127 Å². The summed E-state index contributed by atoms with van der Waals surface area (Å²) in [6, 6.07) is 0.340. The second kappa shape index (κ2) is 7.25. The van der Waals surface area contributed by atoms with Crippen molar-refractivity contribution in [1.29, 1.82) is 0 Å². The Bertz CT molecular complexity index is 378. The molecule has 0 aromatic rings. The normalized spacial score (nSPS) is 24.9. The van der Waals surface area contributed by atoms with Gasteiger partial charge in [-0.2, -0.15) is 0 Å². The van der Waals surface area contributed by atoms with Crippen LogP contribution in [0.5, 0.6) is 0 Å². The molecule has 0 bridgehead atoms. The van der Waals surface area contributed by atoms with Crippen LogP contribution >= 0.6 is 0 Å². The van der Waals surface area contributed by atoms with Crippen LogP contribution in [0.4, 0.5) is 0 Å². The number of amides is 2. The zero-order chi connectivity index (χ0) is 15.4. The fourth-order valence-corrected chi connectivity index (χ4v) is 3.49. The number of hydrogen-bond donors (Lipinski definition) is 2. The van der Waals surface area contributed by atoms with Gasteiger partial charge in [-0.25, -0.2) is 0 Å². The van der Waals surface area contributed by atoms with E-state index in [2.05, 4.69) is 5.32 Å². The molecule has 2 aliphatic rings. The molecule has 0 aromatic heterocycles. The first-order valence-corrected chi connectivity index (χ1v) is 8.23. The molecule has 1 aliphatic heterocycles. The molecule has 1 saturated carbocycles. The fourth-order valence-electron chi connectivity index (χ4n) is 3.49. The Morgan fingerprint density at radius 2 is 2.05 bits per heavy atom. The summed E-state index contributed by atoms with van der Waals surface area (Å²) < 4.78 is 0. The lowest BCUT2D eigenvalue weighted by Crippen LogP contribution is -2.43. The number of aliphatic hydroxyl groups excluding tert-OH is 1. The molecule has 5 heteroatoms. The molecule has 0 spiro atoms. The molecule has 2 amide bonds. The maximum atomic E-state index is 12.4. The first-order chi connectivity index (χ1) is 10.0. The molecule has 2 fully saturated rings. The lowest BCUT2D eigenvalue weighted by atomic mass is 9.99. The van der Waals surface area contributed by atoms with Crippen LogP contribution < -0.4 is 5.32 Å². The van der Waals surface area contributed by atoms with Crippen molar-refractivity contribution in [1.82, 2.24) is 10.2 Å². The van der Waals surface area contributed by atoms with Crippen LogP contribution in [0.15, 0.2) is 0 Å². The second-order valence-electron chi connectivity index (χ2n) is 6.76. The van der Waals surface area contributed by atoms with E-state index in [-0.39, 0.29) is 36.3 Å².